The van der Waals surface area contributed by atoms with Crippen LogP contribution in [0.1, 0.15) is 0 Å². The quantitative estimate of drug-likeness (QED) is 0.571. The van der Waals surface area contributed by atoms with Crippen molar-refractivity contribution in [1.29, 1.82) is 0 Å². The predicted octanol–water partition coefficient (Wildman–Crippen LogP) is 0.384. The third-order valence-corrected chi connectivity index (χ3v) is 3.57. The maximum atomic E-state index is 11.7. The normalized spacial score (nSPS) is 11.3. The molecule has 0 saturated carbocycles. The molecule has 0 spiro atoms. The summed E-state index contributed by atoms with van der Waals surface area (Å²) in [4.78, 5) is 7.13. The molecule has 5 nitrogen and oxygen atoms in total. The Morgan fingerprint density at radius 3 is 2.53 bits per heavy atom. The first-order valence-electron chi connectivity index (χ1n) is 3.86. The number of terminal acetylenes is 1. The summed E-state index contributed by atoms with van der Waals surface area (Å²) in [5.74, 6) is 2.23. The van der Waals surface area contributed by atoms with Crippen molar-refractivity contribution in [2.24, 2.45) is 0 Å². The van der Waals surface area contributed by atoms with E-state index in [1.165, 1.54) is 7.05 Å². The van der Waals surface area contributed by atoms with Crippen LogP contribution in [0.3, 0.4) is 0 Å². The summed E-state index contributed by atoms with van der Waals surface area (Å²) in [5, 5.41) is -0.00597. The molecule has 1 rings (SSSR count). The maximum absolute atomic E-state index is 11.7. The molecule has 1 aromatic rings. The summed E-state index contributed by atoms with van der Waals surface area (Å²) >= 11 is 5.44. The zero-order valence-electron chi connectivity index (χ0n) is 7.88. The lowest BCUT2D eigenvalue weighted by Crippen LogP contribution is -2.27. The number of hydrogen-bond donors (Lipinski definition) is 0. The molecular weight excluding hydrogens is 238 g/mol. The molecule has 0 aromatic carbocycles. The molecule has 0 atom stereocenters. The zero-order valence-corrected chi connectivity index (χ0v) is 9.46. The van der Waals surface area contributed by atoms with Crippen LogP contribution in [0, 0.1) is 12.3 Å². The second-order valence-electron chi connectivity index (χ2n) is 2.65. The summed E-state index contributed by atoms with van der Waals surface area (Å²) in [6.45, 7) is -0.00897. The first-order chi connectivity index (χ1) is 6.98. The van der Waals surface area contributed by atoms with Crippen molar-refractivity contribution >= 4 is 21.6 Å². The highest BCUT2D eigenvalue weighted by Gasteiger charge is 2.20. The zero-order chi connectivity index (χ0) is 11.5. The SMILES string of the molecule is C#CCN(C)S(=O)(=O)c1cnc(Cl)nc1. The van der Waals surface area contributed by atoms with E-state index in [2.05, 4.69) is 15.9 Å². The van der Waals surface area contributed by atoms with E-state index < -0.39 is 10.0 Å². The fourth-order valence-electron chi connectivity index (χ4n) is 0.827. The van der Waals surface area contributed by atoms with E-state index in [9.17, 15) is 8.42 Å². The molecule has 15 heavy (non-hydrogen) atoms. The highest BCUT2D eigenvalue weighted by atomic mass is 35.5. The van der Waals surface area contributed by atoms with Gasteiger partial charge in [-0.15, -0.1) is 6.42 Å². The third kappa shape index (κ3) is 2.65. The van der Waals surface area contributed by atoms with E-state index in [0.29, 0.717) is 0 Å². The largest absolute Gasteiger partial charge is 0.246 e. The van der Waals surface area contributed by atoms with Crippen molar-refractivity contribution in [3.8, 4) is 12.3 Å². The van der Waals surface area contributed by atoms with E-state index >= 15 is 0 Å². The fourth-order valence-corrected chi connectivity index (χ4v) is 1.90. The molecule has 0 radical (unpaired) electrons. The van der Waals surface area contributed by atoms with Crippen molar-refractivity contribution in [1.82, 2.24) is 14.3 Å². The van der Waals surface area contributed by atoms with Gasteiger partial charge < -0.3 is 0 Å². The minimum atomic E-state index is -3.61. The minimum absolute atomic E-state index is 0.00597. The summed E-state index contributed by atoms with van der Waals surface area (Å²) in [6, 6.07) is 0. The lowest BCUT2D eigenvalue weighted by molar-refractivity contribution is 0.502. The highest BCUT2D eigenvalue weighted by molar-refractivity contribution is 7.89. The number of halogens is 1. The van der Waals surface area contributed by atoms with Crippen LogP contribution in [0.15, 0.2) is 17.3 Å². The molecule has 1 aromatic heterocycles. The van der Waals surface area contributed by atoms with Crippen LogP contribution < -0.4 is 0 Å². The average Bonchev–Trinajstić information content (AvgIpc) is 2.18. The lowest BCUT2D eigenvalue weighted by Gasteiger charge is -2.13. The number of aromatic nitrogens is 2. The Kier molecular flexibility index (Phi) is 3.63. The number of hydrogen-bond acceptors (Lipinski definition) is 4. The van der Waals surface area contributed by atoms with Crippen LogP contribution >= 0.6 is 11.6 Å². The Balaban J connectivity index is 3.07. The van der Waals surface area contributed by atoms with Gasteiger partial charge in [-0.2, -0.15) is 4.31 Å². The van der Waals surface area contributed by atoms with Crippen LogP contribution in [0.4, 0.5) is 0 Å². The van der Waals surface area contributed by atoms with Gasteiger partial charge in [0.2, 0.25) is 15.3 Å². The topological polar surface area (TPSA) is 63.2 Å². The molecule has 1 heterocycles. The van der Waals surface area contributed by atoms with Gasteiger partial charge in [-0.1, -0.05) is 5.92 Å². The Labute approximate surface area is 93.2 Å². The smallest absolute Gasteiger partial charge is 0.225 e. The molecule has 0 aliphatic rings. The van der Waals surface area contributed by atoms with E-state index in [4.69, 9.17) is 18.0 Å². The summed E-state index contributed by atoms with van der Waals surface area (Å²) in [7, 11) is -2.23. The van der Waals surface area contributed by atoms with Gasteiger partial charge in [-0.05, 0) is 11.6 Å². The monoisotopic (exact) mass is 245 g/mol. The van der Waals surface area contributed by atoms with Gasteiger partial charge in [0.25, 0.3) is 0 Å². The molecule has 0 amide bonds. The third-order valence-electron chi connectivity index (χ3n) is 1.62. The van der Waals surface area contributed by atoms with E-state index in [1.54, 1.807) is 0 Å². The summed E-state index contributed by atoms with van der Waals surface area (Å²) < 4.78 is 24.5. The number of nitrogens with zero attached hydrogens (tertiary/aromatic N) is 3. The Morgan fingerprint density at radius 2 is 2.07 bits per heavy atom. The Hall–Kier alpha value is -1.16. The van der Waals surface area contributed by atoms with Crippen molar-refractivity contribution < 1.29 is 8.42 Å². The maximum Gasteiger partial charge on any atom is 0.246 e. The van der Waals surface area contributed by atoms with Crippen molar-refractivity contribution in [2.75, 3.05) is 13.6 Å². The number of sulfonamides is 1. The standard InChI is InChI=1S/C8H8ClN3O2S/c1-3-4-12(2)15(13,14)7-5-10-8(9)11-6-7/h1,5-6H,4H2,2H3. The average molecular weight is 246 g/mol. The van der Waals surface area contributed by atoms with Crippen LogP contribution in [0.25, 0.3) is 0 Å². The Morgan fingerprint density at radius 1 is 1.53 bits per heavy atom. The van der Waals surface area contributed by atoms with Gasteiger partial charge in [-0.3, -0.25) is 0 Å². The molecule has 0 bridgehead atoms. The van der Waals surface area contributed by atoms with E-state index in [1.807, 2.05) is 0 Å². The van der Waals surface area contributed by atoms with Crippen LogP contribution in [-0.4, -0.2) is 36.3 Å². The molecular formula is C8H8ClN3O2S. The molecule has 0 aliphatic heterocycles. The van der Waals surface area contributed by atoms with Gasteiger partial charge >= 0.3 is 0 Å². The molecule has 0 N–H and O–H groups in total. The van der Waals surface area contributed by atoms with Crippen molar-refractivity contribution in [3.05, 3.63) is 17.7 Å². The Bertz CT molecular complexity index is 478. The number of rotatable bonds is 3. The van der Waals surface area contributed by atoms with Crippen LogP contribution in [0.2, 0.25) is 5.28 Å². The molecule has 80 valence electrons. The van der Waals surface area contributed by atoms with Gasteiger partial charge in [0.05, 0.1) is 18.9 Å². The molecule has 0 saturated heterocycles. The molecule has 0 unspecified atom stereocenters. The summed E-state index contributed by atoms with van der Waals surface area (Å²) in [5.41, 5.74) is 0. The lowest BCUT2D eigenvalue weighted by atomic mass is 10.7. The van der Waals surface area contributed by atoms with Gasteiger partial charge in [-0.25, -0.2) is 18.4 Å². The molecule has 0 fully saturated rings. The first kappa shape index (κ1) is 11.9. The van der Waals surface area contributed by atoms with Crippen molar-refractivity contribution in [2.45, 2.75) is 4.90 Å². The second kappa shape index (κ2) is 4.57. The second-order valence-corrected chi connectivity index (χ2v) is 5.04. The molecule has 0 aliphatic carbocycles. The van der Waals surface area contributed by atoms with Gasteiger partial charge in [0.15, 0.2) is 0 Å². The van der Waals surface area contributed by atoms with Gasteiger partial charge in [0.1, 0.15) is 4.90 Å². The minimum Gasteiger partial charge on any atom is -0.225 e. The van der Waals surface area contributed by atoms with Crippen LogP contribution in [-0.2, 0) is 10.0 Å². The fraction of sp³-hybridized carbons (Fsp3) is 0.250. The van der Waals surface area contributed by atoms with Gasteiger partial charge in [0, 0.05) is 7.05 Å². The van der Waals surface area contributed by atoms with E-state index in [-0.39, 0.29) is 16.7 Å². The predicted molar refractivity (Wildman–Crippen MR) is 55.7 cm³/mol. The van der Waals surface area contributed by atoms with Crippen LogP contribution in [0.5, 0.6) is 0 Å². The highest BCUT2D eigenvalue weighted by Crippen LogP contribution is 2.12. The molecule has 7 heteroatoms. The van der Waals surface area contributed by atoms with E-state index in [0.717, 1.165) is 16.7 Å². The van der Waals surface area contributed by atoms with Crippen molar-refractivity contribution in [3.63, 3.8) is 0 Å². The summed E-state index contributed by atoms with van der Waals surface area (Å²) in [6.07, 6.45) is 7.29. The first-order valence-corrected chi connectivity index (χ1v) is 5.67.